The van der Waals surface area contributed by atoms with Gasteiger partial charge in [-0.25, -0.2) is 0 Å². The van der Waals surface area contributed by atoms with Crippen LogP contribution in [0.15, 0.2) is 0 Å². The summed E-state index contributed by atoms with van der Waals surface area (Å²) in [6.07, 6.45) is 2.32. The number of hydrogen-bond donors (Lipinski definition) is 1. The van der Waals surface area contributed by atoms with E-state index < -0.39 is 5.54 Å². The van der Waals surface area contributed by atoms with Crippen LogP contribution in [0.3, 0.4) is 0 Å². The second-order valence-corrected chi connectivity index (χ2v) is 5.79. The summed E-state index contributed by atoms with van der Waals surface area (Å²) in [4.78, 5) is 12.3. The Bertz CT molecular complexity index is 291. The molecule has 106 valence electrons. The highest BCUT2D eigenvalue weighted by Crippen LogP contribution is 2.33. The minimum Gasteiger partial charge on any atom is -0.465 e. The molecule has 2 unspecified atom stereocenters. The van der Waals surface area contributed by atoms with Crippen molar-refractivity contribution in [3.05, 3.63) is 0 Å². The molecule has 1 N–H and O–H groups in total. The van der Waals surface area contributed by atoms with Gasteiger partial charge in [0.05, 0.1) is 12.2 Å². The van der Waals surface area contributed by atoms with Gasteiger partial charge in [-0.15, -0.1) is 0 Å². The van der Waals surface area contributed by atoms with Gasteiger partial charge in [-0.2, -0.15) is 0 Å². The number of ether oxygens (including phenoxy) is 2. The summed E-state index contributed by atoms with van der Waals surface area (Å²) in [6.45, 7) is 11.1. The van der Waals surface area contributed by atoms with Gasteiger partial charge in [0.25, 0.3) is 0 Å². The first-order valence-electron chi connectivity index (χ1n) is 6.94. The molecule has 1 saturated heterocycles. The predicted molar refractivity (Wildman–Crippen MR) is 71.5 cm³/mol. The van der Waals surface area contributed by atoms with Gasteiger partial charge in [0.2, 0.25) is 0 Å². The second kappa shape index (κ2) is 6.02. The Hall–Kier alpha value is -0.610. The second-order valence-electron chi connectivity index (χ2n) is 5.79. The molecular weight excluding hydrogens is 230 g/mol. The number of carbonyl (C=O) groups excluding carboxylic acids is 1. The predicted octanol–water partition coefficient (Wildman–Crippen LogP) is 2.27. The zero-order valence-electron chi connectivity index (χ0n) is 12.3. The molecule has 1 aliphatic heterocycles. The largest absolute Gasteiger partial charge is 0.465 e. The maximum atomic E-state index is 12.3. The van der Waals surface area contributed by atoms with Crippen molar-refractivity contribution in [3.63, 3.8) is 0 Å². The van der Waals surface area contributed by atoms with Gasteiger partial charge >= 0.3 is 5.97 Å². The van der Waals surface area contributed by atoms with Crippen LogP contribution in [0.4, 0.5) is 0 Å². The molecule has 0 bridgehead atoms. The zero-order chi connectivity index (χ0) is 13.8. The average molecular weight is 257 g/mol. The van der Waals surface area contributed by atoms with E-state index in [1.165, 1.54) is 0 Å². The lowest BCUT2D eigenvalue weighted by molar-refractivity contribution is -0.164. The average Bonchev–Trinajstić information content (AvgIpc) is 2.27. The lowest BCUT2D eigenvalue weighted by Gasteiger charge is -2.44. The zero-order valence-corrected chi connectivity index (χ0v) is 12.3. The maximum absolute atomic E-state index is 12.3. The van der Waals surface area contributed by atoms with Crippen LogP contribution < -0.4 is 5.32 Å². The third-order valence-electron chi connectivity index (χ3n) is 3.55. The Labute approximate surface area is 110 Å². The van der Waals surface area contributed by atoms with Crippen molar-refractivity contribution in [2.24, 2.45) is 0 Å². The third-order valence-corrected chi connectivity index (χ3v) is 3.55. The van der Waals surface area contributed by atoms with Gasteiger partial charge in [0.1, 0.15) is 5.54 Å². The van der Waals surface area contributed by atoms with E-state index in [9.17, 15) is 4.79 Å². The summed E-state index contributed by atoms with van der Waals surface area (Å²) >= 11 is 0. The molecule has 0 aromatic heterocycles. The molecule has 1 aliphatic rings. The minimum atomic E-state index is -0.590. The molecule has 2 atom stereocenters. The van der Waals surface area contributed by atoms with Crippen molar-refractivity contribution in [1.82, 2.24) is 5.32 Å². The molecule has 1 rings (SSSR count). The standard InChI is InChI=1S/C14H27NO3/c1-6-11(3)15-14(12(16)17-7-2)8-9-18-13(4,5)10-14/h11,15H,6-10H2,1-5H3. The fourth-order valence-corrected chi connectivity index (χ4v) is 2.57. The smallest absolute Gasteiger partial charge is 0.326 e. The first-order chi connectivity index (χ1) is 8.35. The van der Waals surface area contributed by atoms with Crippen LogP contribution in [-0.4, -0.2) is 36.4 Å². The summed E-state index contributed by atoms with van der Waals surface area (Å²) in [7, 11) is 0. The number of nitrogens with one attached hydrogen (secondary N) is 1. The van der Waals surface area contributed by atoms with Crippen molar-refractivity contribution in [3.8, 4) is 0 Å². The molecule has 4 nitrogen and oxygen atoms in total. The van der Waals surface area contributed by atoms with Gasteiger partial charge in [-0.1, -0.05) is 6.92 Å². The van der Waals surface area contributed by atoms with Gasteiger partial charge in [0.15, 0.2) is 0 Å². The van der Waals surface area contributed by atoms with Gasteiger partial charge < -0.3 is 9.47 Å². The van der Waals surface area contributed by atoms with Gasteiger partial charge in [-0.3, -0.25) is 10.1 Å². The number of esters is 1. The highest BCUT2D eigenvalue weighted by molar-refractivity contribution is 5.81. The molecule has 0 radical (unpaired) electrons. The molecule has 0 aromatic rings. The van der Waals surface area contributed by atoms with Gasteiger partial charge in [0, 0.05) is 19.1 Å². The SMILES string of the molecule is CCOC(=O)C1(NC(C)CC)CCOC(C)(C)C1. The fraction of sp³-hybridized carbons (Fsp3) is 0.929. The summed E-state index contributed by atoms with van der Waals surface area (Å²) in [5.41, 5.74) is -0.876. The number of carbonyl (C=O) groups is 1. The van der Waals surface area contributed by atoms with E-state index in [1.54, 1.807) is 0 Å². The van der Waals surface area contributed by atoms with E-state index in [1.807, 2.05) is 20.8 Å². The molecule has 0 saturated carbocycles. The van der Waals surface area contributed by atoms with Crippen LogP contribution in [0.1, 0.15) is 53.9 Å². The van der Waals surface area contributed by atoms with Crippen LogP contribution in [0, 0.1) is 0 Å². The van der Waals surface area contributed by atoms with Crippen LogP contribution in [-0.2, 0) is 14.3 Å². The lowest BCUT2D eigenvalue weighted by Crippen LogP contribution is -2.62. The third kappa shape index (κ3) is 3.69. The van der Waals surface area contributed by atoms with E-state index in [2.05, 4.69) is 19.2 Å². The Morgan fingerprint density at radius 2 is 2.11 bits per heavy atom. The maximum Gasteiger partial charge on any atom is 0.326 e. The lowest BCUT2D eigenvalue weighted by atomic mass is 9.80. The molecule has 1 heterocycles. The van der Waals surface area contributed by atoms with E-state index in [4.69, 9.17) is 9.47 Å². The van der Waals surface area contributed by atoms with E-state index in [-0.39, 0.29) is 11.6 Å². The van der Waals surface area contributed by atoms with E-state index >= 15 is 0 Å². The first kappa shape index (κ1) is 15.4. The highest BCUT2D eigenvalue weighted by atomic mass is 16.5. The van der Waals surface area contributed by atoms with Gasteiger partial charge in [-0.05, 0) is 40.5 Å². The molecule has 18 heavy (non-hydrogen) atoms. The monoisotopic (exact) mass is 257 g/mol. The molecule has 0 aliphatic carbocycles. The first-order valence-corrected chi connectivity index (χ1v) is 6.94. The van der Waals surface area contributed by atoms with Crippen LogP contribution in [0.5, 0.6) is 0 Å². The van der Waals surface area contributed by atoms with Crippen LogP contribution in [0.2, 0.25) is 0 Å². The Morgan fingerprint density at radius 3 is 2.61 bits per heavy atom. The molecule has 0 spiro atoms. The number of hydrogen-bond acceptors (Lipinski definition) is 4. The highest BCUT2D eigenvalue weighted by Gasteiger charge is 2.47. The molecule has 0 aromatic carbocycles. The molecule has 4 heteroatoms. The summed E-state index contributed by atoms with van der Waals surface area (Å²) in [6, 6.07) is 0.295. The van der Waals surface area contributed by atoms with E-state index in [0.717, 1.165) is 6.42 Å². The Morgan fingerprint density at radius 1 is 1.44 bits per heavy atom. The fourth-order valence-electron chi connectivity index (χ4n) is 2.57. The summed E-state index contributed by atoms with van der Waals surface area (Å²) < 4.78 is 11.0. The van der Waals surface area contributed by atoms with Crippen molar-refractivity contribution in [2.45, 2.75) is 71.1 Å². The quantitative estimate of drug-likeness (QED) is 0.768. The molecule has 1 fully saturated rings. The Kier molecular flexibility index (Phi) is 5.17. The molecular formula is C14H27NO3. The van der Waals surface area contributed by atoms with Crippen molar-refractivity contribution in [1.29, 1.82) is 0 Å². The van der Waals surface area contributed by atoms with Crippen LogP contribution >= 0.6 is 0 Å². The van der Waals surface area contributed by atoms with Crippen LogP contribution in [0.25, 0.3) is 0 Å². The summed E-state index contributed by atoms with van der Waals surface area (Å²) in [5.74, 6) is -0.137. The minimum absolute atomic E-state index is 0.137. The van der Waals surface area contributed by atoms with Crippen molar-refractivity contribution < 1.29 is 14.3 Å². The van der Waals surface area contributed by atoms with E-state index in [0.29, 0.717) is 32.1 Å². The van der Waals surface area contributed by atoms with Crippen molar-refractivity contribution >= 4 is 5.97 Å². The molecule has 0 amide bonds. The number of rotatable bonds is 5. The normalized spacial score (nSPS) is 28.7. The topological polar surface area (TPSA) is 47.6 Å². The summed E-state index contributed by atoms with van der Waals surface area (Å²) in [5, 5.41) is 3.47. The van der Waals surface area contributed by atoms with Crippen molar-refractivity contribution in [2.75, 3.05) is 13.2 Å². The Balaban J connectivity index is 2.89.